The normalized spacial score (nSPS) is 12.4. The molecule has 1 nitrogen and oxygen atoms in total. The molecular weight excluding hydrogens is 347 g/mol. The fourth-order valence-electron chi connectivity index (χ4n) is 1.68. The lowest BCUT2D eigenvalue weighted by Gasteiger charge is -2.11. The number of benzene rings is 2. The second-order valence-electron chi connectivity index (χ2n) is 3.90. The second kappa shape index (κ2) is 5.85. The minimum absolute atomic E-state index is 0.467. The van der Waals surface area contributed by atoms with Crippen LogP contribution in [0.25, 0.3) is 0 Å². The second-order valence-corrected chi connectivity index (χ2v) is 5.58. The summed E-state index contributed by atoms with van der Waals surface area (Å²) in [4.78, 5) is 0. The molecule has 2 aromatic carbocycles. The van der Waals surface area contributed by atoms with Gasteiger partial charge < -0.3 is 5.11 Å². The van der Waals surface area contributed by atoms with Crippen molar-refractivity contribution < 1.29 is 5.11 Å². The van der Waals surface area contributed by atoms with E-state index in [2.05, 4.69) is 22.6 Å². The Bertz CT molecular complexity index is 496. The fraction of sp³-hybridized carbons (Fsp3) is 0.143. The standard InChI is InChI=1S/C14H12ClIO/c15-12-6-4-10(5-7-12)8-14(17)11-2-1-3-13(16)9-11/h1-7,9,14,17H,8H2. The van der Waals surface area contributed by atoms with Gasteiger partial charge in [0.05, 0.1) is 6.10 Å². The van der Waals surface area contributed by atoms with E-state index in [9.17, 15) is 5.11 Å². The van der Waals surface area contributed by atoms with Gasteiger partial charge in [0.1, 0.15) is 0 Å². The van der Waals surface area contributed by atoms with E-state index in [-0.39, 0.29) is 0 Å². The minimum Gasteiger partial charge on any atom is -0.388 e. The van der Waals surface area contributed by atoms with E-state index < -0.39 is 6.10 Å². The lowest BCUT2D eigenvalue weighted by molar-refractivity contribution is 0.178. The average Bonchev–Trinajstić information content (AvgIpc) is 2.32. The molecule has 1 N–H and O–H groups in total. The zero-order valence-corrected chi connectivity index (χ0v) is 12.0. The van der Waals surface area contributed by atoms with Crippen LogP contribution in [0, 0.1) is 3.57 Å². The van der Waals surface area contributed by atoms with Crippen LogP contribution in [0.3, 0.4) is 0 Å². The summed E-state index contributed by atoms with van der Waals surface area (Å²) >= 11 is 8.07. The molecule has 1 atom stereocenters. The van der Waals surface area contributed by atoms with Crippen LogP contribution in [-0.2, 0) is 6.42 Å². The van der Waals surface area contributed by atoms with Crippen molar-refractivity contribution in [1.82, 2.24) is 0 Å². The molecule has 0 spiro atoms. The summed E-state index contributed by atoms with van der Waals surface area (Å²) in [5.41, 5.74) is 2.03. The van der Waals surface area contributed by atoms with Crippen LogP contribution in [0.1, 0.15) is 17.2 Å². The highest BCUT2D eigenvalue weighted by atomic mass is 127. The Morgan fingerprint density at radius 1 is 1.12 bits per heavy atom. The van der Waals surface area contributed by atoms with Gasteiger partial charge in [0.25, 0.3) is 0 Å². The summed E-state index contributed by atoms with van der Waals surface area (Å²) in [6.07, 6.45) is 0.142. The minimum atomic E-state index is -0.467. The van der Waals surface area contributed by atoms with Crippen molar-refractivity contribution in [2.45, 2.75) is 12.5 Å². The van der Waals surface area contributed by atoms with Crippen LogP contribution in [0.15, 0.2) is 48.5 Å². The summed E-state index contributed by atoms with van der Waals surface area (Å²) in [6.45, 7) is 0. The topological polar surface area (TPSA) is 20.2 Å². The van der Waals surface area contributed by atoms with Crippen LogP contribution < -0.4 is 0 Å². The maximum Gasteiger partial charge on any atom is 0.0830 e. The highest BCUT2D eigenvalue weighted by molar-refractivity contribution is 14.1. The third kappa shape index (κ3) is 3.69. The van der Waals surface area contributed by atoms with Crippen molar-refractivity contribution in [3.63, 3.8) is 0 Å². The smallest absolute Gasteiger partial charge is 0.0830 e. The zero-order valence-electron chi connectivity index (χ0n) is 9.11. The first-order chi connectivity index (χ1) is 8.15. The number of hydrogen-bond acceptors (Lipinski definition) is 1. The average molecular weight is 359 g/mol. The van der Waals surface area contributed by atoms with Crippen molar-refractivity contribution in [3.05, 3.63) is 68.3 Å². The van der Waals surface area contributed by atoms with Gasteiger partial charge in [-0.2, -0.15) is 0 Å². The SMILES string of the molecule is OC(Cc1ccc(Cl)cc1)c1cccc(I)c1. The van der Waals surface area contributed by atoms with Crippen LogP contribution in [0.4, 0.5) is 0 Å². The van der Waals surface area contributed by atoms with Gasteiger partial charge in [-0.05, 0) is 58.0 Å². The van der Waals surface area contributed by atoms with Crippen LogP contribution >= 0.6 is 34.2 Å². The fourth-order valence-corrected chi connectivity index (χ4v) is 2.37. The summed E-state index contributed by atoms with van der Waals surface area (Å²) in [7, 11) is 0. The predicted octanol–water partition coefficient (Wildman–Crippen LogP) is 4.22. The van der Waals surface area contributed by atoms with Crippen LogP contribution in [0.2, 0.25) is 5.02 Å². The monoisotopic (exact) mass is 358 g/mol. The Morgan fingerprint density at radius 3 is 2.47 bits per heavy atom. The Labute approximate surface area is 120 Å². The number of aliphatic hydroxyl groups is 1. The Hall–Kier alpha value is -0.580. The number of aliphatic hydroxyl groups excluding tert-OH is 1. The van der Waals surface area contributed by atoms with Crippen molar-refractivity contribution in [3.8, 4) is 0 Å². The van der Waals surface area contributed by atoms with Gasteiger partial charge in [-0.15, -0.1) is 0 Å². The molecule has 0 bridgehead atoms. The Balaban J connectivity index is 2.11. The Kier molecular flexibility index (Phi) is 4.42. The zero-order chi connectivity index (χ0) is 12.3. The van der Waals surface area contributed by atoms with Gasteiger partial charge >= 0.3 is 0 Å². The first-order valence-corrected chi connectivity index (χ1v) is 6.79. The van der Waals surface area contributed by atoms with Gasteiger partial charge in [-0.3, -0.25) is 0 Å². The molecule has 0 saturated heterocycles. The first-order valence-electron chi connectivity index (χ1n) is 5.33. The molecule has 3 heteroatoms. The molecule has 17 heavy (non-hydrogen) atoms. The summed E-state index contributed by atoms with van der Waals surface area (Å²) in [6, 6.07) is 15.5. The van der Waals surface area contributed by atoms with Gasteiger partial charge in [-0.1, -0.05) is 35.9 Å². The van der Waals surface area contributed by atoms with Gasteiger partial charge in [0.2, 0.25) is 0 Å². The van der Waals surface area contributed by atoms with E-state index in [1.807, 2.05) is 48.5 Å². The maximum atomic E-state index is 10.1. The van der Waals surface area contributed by atoms with Gasteiger partial charge in [0, 0.05) is 15.0 Å². The molecule has 1 unspecified atom stereocenters. The number of hydrogen-bond donors (Lipinski definition) is 1. The highest BCUT2D eigenvalue weighted by Gasteiger charge is 2.08. The van der Waals surface area contributed by atoms with E-state index in [1.165, 1.54) is 0 Å². The van der Waals surface area contributed by atoms with E-state index in [0.717, 1.165) is 19.7 Å². The molecule has 0 aromatic heterocycles. The largest absolute Gasteiger partial charge is 0.388 e. The number of rotatable bonds is 3. The van der Waals surface area contributed by atoms with Crippen molar-refractivity contribution in [2.75, 3.05) is 0 Å². The molecule has 0 aliphatic heterocycles. The quantitative estimate of drug-likeness (QED) is 0.815. The third-order valence-corrected chi connectivity index (χ3v) is 3.50. The molecule has 0 aliphatic carbocycles. The molecule has 0 saturated carbocycles. The van der Waals surface area contributed by atoms with Crippen molar-refractivity contribution in [2.24, 2.45) is 0 Å². The summed E-state index contributed by atoms with van der Waals surface area (Å²) < 4.78 is 1.13. The van der Waals surface area contributed by atoms with Crippen molar-refractivity contribution >= 4 is 34.2 Å². The predicted molar refractivity (Wildman–Crippen MR) is 79.3 cm³/mol. The Morgan fingerprint density at radius 2 is 1.82 bits per heavy atom. The maximum absolute atomic E-state index is 10.1. The first kappa shape index (κ1) is 12.9. The van der Waals surface area contributed by atoms with E-state index in [1.54, 1.807) is 0 Å². The molecule has 88 valence electrons. The number of halogens is 2. The van der Waals surface area contributed by atoms with Crippen LogP contribution in [-0.4, -0.2) is 5.11 Å². The third-order valence-electron chi connectivity index (χ3n) is 2.58. The highest BCUT2D eigenvalue weighted by Crippen LogP contribution is 2.21. The lowest BCUT2D eigenvalue weighted by Crippen LogP contribution is -2.01. The molecule has 0 fully saturated rings. The van der Waals surface area contributed by atoms with Crippen LogP contribution in [0.5, 0.6) is 0 Å². The van der Waals surface area contributed by atoms with Gasteiger partial charge in [0.15, 0.2) is 0 Å². The molecule has 0 heterocycles. The van der Waals surface area contributed by atoms with Crippen molar-refractivity contribution in [1.29, 1.82) is 0 Å². The molecule has 2 rings (SSSR count). The molecule has 0 amide bonds. The molecule has 0 radical (unpaired) electrons. The summed E-state index contributed by atoms with van der Waals surface area (Å²) in [5, 5.41) is 10.9. The van der Waals surface area contributed by atoms with E-state index in [0.29, 0.717) is 6.42 Å². The molecule has 0 aliphatic rings. The van der Waals surface area contributed by atoms with Gasteiger partial charge in [-0.25, -0.2) is 0 Å². The van der Waals surface area contributed by atoms with E-state index in [4.69, 9.17) is 11.6 Å². The summed E-state index contributed by atoms with van der Waals surface area (Å²) in [5.74, 6) is 0. The van der Waals surface area contributed by atoms with E-state index >= 15 is 0 Å². The lowest BCUT2D eigenvalue weighted by atomic mass is 10.0. The molecule has 2 aromatic rings. The molecular formula is C14H12ClIO.